The van der Waals surface area contributed by atoms with Gasteiger partial charge in [0.1, 0.15) is 0 Å². The van der Waals surface area contributed by atoms with Crippen LogP contribution in [0.15, 0.2) is 0 Å². The molecule has 0 radical (unpaired) electrons. The number of hydrogen-bond donors (Lipinski definition) is 0. The molecule has 0 aromatic carbocycles. The van der Waals surface area contributed by atoms with Crippen molar-refractivity contribution >= 4 is 9.47 Å². The highest BCUT2D eigenvalue weighted by atomic mass is 31.0. The lowest BCUT2D eigenvalue weighted by atomic mass is 10.00. The van der Waals surface area contributed by atoms with Crippen LogP contribution in [-0.4, -0.2) is 6.61 Å². The molecule has 0 spiro atoms. The first-order valence-electron chi connectivity index (χ1n) is 3.00. The molecule has 2 unspecified atom stereocenters. The maximum Gasteiger partial charge on any atom is 0.0529 e. The van der Waals surface area contributed by atoms with Crippen molar-refractivity contribution < 1.29 is 4.52 Å². The second kappa shape index (κ2) is 4.29. The third-order valence-corrected chi connectivity index (χ3v) is 1.69. The van der Waals surface area contributed by atoms with Gasteiger partial charge in [-0.25, -0.2) is 0 Å². The van der Waals surface area contributed by atoms with E-state index in [0.717, 1.165) is 12.5 Å². The Hall–Kier alpha value is 0.390. The van der Waals surface area contributed by atoms with E-state index in [4.69, 9.17) is 4.52 Å². The SMILES string of the molecule is CC(C)C(C)COP. The molecule has 0 saturated heterocycles. The van der Waals surface area contributed by atoms with Crippen LogP contribution in [0.2, 0.25) is 0 Å². The molecule has 8 heavy (non-hydrogen) atoms. The highest BCUT2D eigenvalue weighted by Gasteiger charge is 2.04. The first-order chi connectivity index (χ1) is 3.68. The third kappa shape index (κ3) is 3.40. The summed E-state index contributed by atoms with van der Waals surface area (Å²) in [5.74, 6) is 1.41. The Kier molecular flexibility index (Phi) is 4.50. The molecule has 0 fully saturated rings. The highest BCUT2D eigenvalue weighted by molar-refractivity contribution is 7.09. The van der Waals surface area contributed by atoms with Gasteiger partial charge in [0.15, 0.2) is 0 Å². The van der Waals surface area contributed by atoms with Crippen molar-refractivity contribution in [2.45, 2.75) is 20.8 Å². The Morgan fingerprint density at radius 3 is 2.00 bits per heavy atom. The quantitative estimate of drug-likeness (QED) is 0.537. The van der Waals surface area contributed by atoms with Gasteiger partial charge in [-0.2, -0.15) is 0 Å². The molecule has 1 nitrogen and oxygen atoms in total. The zero-order valence-electron chi connectivity index (χ0n) is 5.85. The lowest BCUT2D eigenvalue weighted by Crippen LogP contribution is -2.08. The average Bonchev–Trinajstić information content (AvgIpc) is 1.67. The van der Waals surface area contributed by atoms with Crippen LogP contribution in [0, 0.1) is 11.8 Å². The zero-order valence-corrected chi connectivity index (χ0v) is 7.00. The minimum Gasteiger partial charge on any atom is -0.365 e. The lowest BCUT2D eigenvalue weighted by molar-refractivity contribution is 0.253. The molecule has 50 valence electrons. The zero-order chi connectivity index (χ0) is 6.57. The van der Waals surface area contributed by atoms with E-state index >= 15 is 0 Å². The van der Waals surface area contributed by atoms with Gasteiger partial charge in [-0.1, -0.05) is 20.8 Å². The molecule has 0 heterocycles. The minimum atomic E-state index is 0.674. The van der Waals surface area contributed by atoms with Gasteiger partial charge in [0.05, 0.1) is 6.61 Å². The van der Waals surface area contributed by atoms with Gasteiger partial charge in [0.2, 0.25) is 0 Å². The molecule has 0 aromatic rings. The predicted molar refractivity (Wildman–Crippen MR) is 39.7 cm³/mol. The number of rotatable bonds is 3. The normalized spacial score (nSPS) is 14.6. The summed E-state index contributed by atoms with van der Waals surface area (Å²) in [6.07, 6.45) is 0. The van der Waals surface area contributed by atoms with Gasteiger partial charge in [0.25, 0.3) is 0 Å². The Morgan fingerprint density at radius 2 is 1.88 bits per heavy atom. The molecule has 0 aliphatic carbocycles. The molecule has 0 N–H and O–H groups in total. The molecule has 0 amide bonds. The van der Waals surface area contributed by atoms with E-state index in [9.17, 15) is 0 Å². The van der Waals surface area contributed by atoms with Crippen LogP contribution >= 0.6 is 9.47 Å². The summed E-state index contributed by atoms with van der Waals surface area (Å²) in [7, 11) is 2.27. The summed E-state index contributed by atoms with van der Waals surface area (Å²) >= 11 is 0. The van der Waals surface area contributed by atoms with Gasteiger partial charge in [-0.05, 0) is 11.8 Å². The maximum atomic E-state index is 4.88. The third-order valence-electron chi connectivity index (χ3n) is 1.50. The van der Waals surface area contributed by atoms with Gasteiger partial charge in [0, 0.05) is 9.47 Å². The molecule has 0 aromatic heterocycles. The van der Waals surface area contributed by atoms with Crippen molar-refractivity contribution in [2.24, 2.45) is 11.8 Å². The van der Waals surface area contributed by atoms with Crippen LogP contribution < -0.4 is 0 Å². The molecule has 0 rings (SSSR count). The van der Waals surface area contributed by atoms with Crippen molar-refractivity contribution in [3.8, 4) is 0 Å². The van der Waals surface area contributed by atoms with Crippen LogP contribution in [-0.2, 0) is 4.52 Å². The van der Waals surface area contributed by atoms with E-state index in [-0.39, 0.29) is 0 Å². The lowest BCUT2D eigenvalue weighted by Gasteiger charge is -2.12. The van der Waals surface area contributed by atoms with Gasteiger partial charge >= 0.3 is 0 Å². The molecular weight excluding hydrogens is 119 g/mol. The van der Waals surface area contributed by atoms with E-state index < -0.39 is 0 Å². The summed E-state index contributed by atoms with van der Waals surface area (Å²) in [4.78, 5) is 0. The van der Waals surface area contributed by atoms with Gasteiger partial charge < -0.3 is 4.52 Å². The van der Waals surface area contributed by atoms with Crippen LogP contribution in [0.4, 0.5) is 0 Å². The fraction of sp³-hybridized carbons (Fsp3) is 1.00. The van der Waals surface area contributed by atoms with Crippen LogP contribution in [0.5, 0.6) is 0 Å². The van der Waals surface area contributed by atoms with Crippen molar-refractivity contribution in [1.29, 1.82) is 0 Å². The predicted octanol–water partition coefficient (Wildman–Crippen LogP) is 2.09. The van der Waals surface area contributed by atoms with E-state index in [0.29, 0.717) is 5.92 Å². The summed E-state index contributed by atoms with van der Waals surface area (Å²) in [5.41, 5.74) is 0. The molecule has 0 aliphatic rings. The molecule has 2 atom stereocenters. The summed E-state index contributed by atoms with van der Waals surface area (Å²) in [5, 5.41) is 0. The minimum absolute atomic E-state index is 0.674. The molecule has 0 bridgehead atoms. The van der Waals surface area contributed by atoms with E-state index in [1.807, 2.05) is 0 Å². The Labute approximate surface area is 54.1 Å². The van der Waals surface area contributed by atoms with Crippen LogP contribution in [0.25, 0.3) is 0 Å². The maximum absolute atomic E-state index is 4.88. The standard InChI is InChI=1S/C6H15OP/c1-5(2)6(3)4-7-8/h5-6H,4,8H2,1-3H3. The second-order valence-electron chi connectivity index (χ2n) is 2.55. The van der Waals surface area contributed by atoms with Crippen molar-refractivity contribution in [1.82, 2.24) is 0 Å². The average molecular weight is 134 g/mol. The Bertz CT molecular complexity index is 54.5. The summed E-state index contributed by atoms with van der Waals surface area (Å²) < 4.78 is 4.88. The van der Waals surface area contributed by atoms with E-state index in [2.05, 4.69) is 30.2 Å². The van der Waals surface area contributed by atoms with Crippen LogP contribution in [0.3, 0.4) is 0 Å². The largest absolute Gasteiger partial charge is 0.365 e. The summed E-state index contributed by atoms with van der Waals surface area (Å²) in [6.45, 7) is 7.44. The van der Waals surface area contributed by atoms with Gasteiger partial charge in [-0.15, -0.1) is 0 Å². The first-order valence-corrected chi connectivity index (χ1v) is 3.47. The first kappa shape index (κ1) is 8.39. The molecular formula is C6H15OP. The second-order valence-corrected chi connectivity index (χ2v) is 2.89. The monoisotopic (exact) mass is 134 g/mol. The van der Waals surface area contributed by atoms with E-state index in [1.165, 1.54) is 0 Å². The molecule has 0 saturated carbocycles. The molecule has 2 heteroatoms. The van der Waals surface area contributed by atoms with Crippen molar-refractivity contribution in [3.63, 3.8) is 0 Å². The smallest absolute Gasteiger partial charge is 0.0529 e. The summed E-state index contributed by atoms with van der Waals surface area (Å²) in [6, 6.07) is 0. The Balaban J connectivity index is 3.17. The topological polar surface area (TPSA) is 9.23 Å². The highest BCUT2D eigenvalue weighted by Crippen LogP contribution is 2.10. The van der Waals surface area contributed by atoms with Gasteiger partial charge in [-0.3, -0.25) is 0 Å². The van der Waals surface area contributed by atoms with Crippen molar-refractivity contribution in [2.75, 3.05) is 6.61 Å². The van der Waals surface area contributed by atoms with Crippen LogP contribution in [0.1, 0.15) is 20.8 Å². The number of hydrogen-bond acceptors (Lipinski definition) is 1. The molecule has 0 aliphatic heterocycles. The fourth-order valence-electron chi connectivity index (χ4n) is 0.344. The Morgan fingerprint density at radius 1 is 1.38 bits per heavy atom. The van der Waals surface area contributed by atoms with Crippen molar-refractivity contribution in [3.05, 3.63) is 0 Å². The fourth-order valence-corrected chi connectivity index (χ4v) is 0.648. The van der Waals surface area contributed by atoms with E-state index in [1.54, 1.807) is 0 Å².